The van der Waals surface area contributed by atoms with Gasteiger partial charge in [0.1, 0.15) is 12.4 Å². The van der Waals surface area contributed by atoms with E-state index in [1.165, 1.54) is 0 Å². The highest BCUT2D eigenvalue weighted by Crippen LogP contribution is 2.19. The fourth-order valence-corrected chi connectivity index (χ4v) is 2.39. The smallest absolute Gasteiger partial charge is 0.246 e. The lowest BCUT2D eigenvalue weighted by Gasteiger charge is -2.38. The minimum Gasteiger partial charge on any atom is -0.496 e. The van der Waals surface area contributed by atoms with Gasteiger partial charge in [0.05, 0.1) is 12.7 Å². The maximum Gasteiger partial charge on any atom is 0.246 e. The van der Waals surface area contributed by atoms with Crippen LogP contribution in [-0.4, -0.2) is 44.4 Å². The first-order chi connectivity index (χ1) is 10.0. The summed E-state index contributed by atoms with van der Waals surface area (Å²) in [6, 6.07) is 7.88. The largest absolute Gasteiger partial charge is 0.496 e. The highest BCUT2D eigenvalue weighted by atomic mass is 16.5. The lowest BCUT2D eigenvalue weighted by atomic mass is 10.0. The third-order valence-electron chi connectivity index (χ3n) is 3.68. The van der Waals surface area contributed by atoms with Crippen molar-refractivity contribution >= 4 is 5.91 Å². The molecule has 1 amide bonds. The minimum absolute atomic E-state index is 0.0321. The number of methoxy groups -OCH3 is 1. The zero-order valence-electron chi connectivity index (χ0n) is 12.9. The molecule has 1 unspecified atom stereocenters. The molecule has 0 aromatic heterocycles. The SMILES string of the molecule is COc1ccccc1CC(C)NC(=O)COC1(C)CNC1. The number of para-hydroxylation sites is 1. The molecule has 1 aromatic carbocycles. The van der Waals surface area contributed by atoms with Gasteiger partial charge in [-0.2, -0.15) is 0 Å². The van der Waals surface area contributed by atoms with Crippen LogP contribution in [0.5, 0.6) is 5.75 Å². The molecule has 0 spiro atoms. The molecule has 5 heteroatoms. The fraction of sp³-hybridized carbons (Fsp3) is 0.562. The van der Waals surface area contributed by atoms with Crippen LogP contribution in [-0.2, 0) is 16.0 Å². The molecule has 0 saturated carbocycles. The van der Waals surface area contributed by atoms with Gasteiger partial charge in [0, 0.05) is 19.1 Å². The Balaban J connectivity index is 1.78. The highest BCUT2D eigenvalue weighted by molar-refractivity contribution is 5.77. The van der Waals surface area contributed by atoms with Gasteiger partial charge in [-0.05, 0) is 31.9 Å². The molecule has 1 fully saturated rings. The number of hydrogen-bond acceptors (Lipinski definition) is 4. The normalized spacial score (nSPS) is 17.7. The highest BCUT2D eigenvalue weighted by Gasteiger charge is 2.33. The first kappa shape index (κ1) is 15.8. The maximum atomic E-state index is 11.9. The van der Waals surface area contributed by atoms with Crippen LogP contribution in [0.25, 0.3) is 0 Å². The Morgan fingerprint density at radius 2 is 2.14 bits per heavy atom. The van der Waals surface area contributed by atoms with Gasteiger partial charge in [0.15, 0.2) is 0 Å². The van der Waals surface area contributed by atoms with Gasteiger partial charge in [0.2, 0.25) is 5.91 Å². The Morgan fingerprint density at radius 3 is 2.76 bits per heavy atom. The summed E-state index contributed by atoms with van der Waals surface area (Å²) in [5.74, 6) is 0.772. The monoisotopic (exact) mass is 292 g/mol. The molecule has 1 heterocycles. The van der Waals surface area contributed by atoms with E-state index in [0.29, 0.717) is 0 Å². The van der Waals surface area contributed by atoms with E-state index in [9.17, 15) is 4.79 Å². The Morgan fingerprint density at radius 1 is 1.43 bits per heavy atom. The van der Waals surface area contributed by atoms with Crippen LogP contribution >= 0.6 is 0 Å². The van der Waals surface area contributed by atoms with E-state index in [1.807, 2.05) is 38.1 Å². The molecule has 1 saturated heterocycles. The van der Waals surface area contributed by atoms with Crippen molar-refractivity contribution in [3.05, 3.63) is 29.8 Å². The number of carbonyl (C=O) groups is 1. The fourth-order valence-electron chi connectivity index (χ4n) is 2.39. The average molecular weight is 292 g/mol. The van der Waals surface area contributed by atoms with E-state index in [-0.39, 0.29) is 24.2 Å². The zero-order chi connectivity index (χ0) is 15.3. The Hall–Kier alpha value is -1.59. The summed E-state index contributed by atoms with van der Waals surface area (Å²) in [4.78, 5) is 11.9. The summed E-state index contributed by atoms with van der Waals surface area (Å²) in [7, 11) is 1.66. The number of rotatable bonds is 7. The van der Waals surface area contributed by atoms with Gasteiger partial charge in [-0.3, -0.25) is 4.79 Å². The van der Waals surface area contributed by atoms with E-state index in [1.54, 1.807) is 7.11 Å². The topological polar surface area (TPSA) is 59.6 Å². The van der Waals surface area contributed by atoms with Crippen molar-refractivity contribution in [2.24, 2.45) is 0 Å². The number of hydrogen-bond donors (Lipinski definition) is 2. The van der Waals surface area contributed by atoms with Crippen molar-refractivity contribution < 1.29 is 14.3 Å². The quantitative estimate of drug-likeness (QED) is 0.791. The molecule has 116 valence electrons. The van der Waals surface area contributed by atoms with E-state index >= 15 is 0 Å². The molecule has 1 atom stereocenters. The predicted octanol–water partition coefficient (Wildman–Crippen LogP) is 1.12. The lowest BCUT2D eigenvalue weighted by molar-refractivity contribution is -0.136. The van der Waals surface area contributed by atoms with Crippen LogP contribution in [0.3, 0.4) is 0 Å². The van der Waals surface area contributed by atoms with Crippen molar-refractivity contribution in [2.45, 2.75) is 31.9 Å². The molecule has 1 aliphatic rings. The Kier molecular flexibility index (Phi) is 5.20. The zero-order valence-corrected chi connectivity index (χ0v) is 12.9. The van der Waals surface area contributed by atoms with Gasteiger partial charge in [-0.25, -0.2) is 0 Å². The number of ether oxygens (including phenoxy) is 2. The van der Waals surface area contributed by atoms with Crippen molar-refractivity contribution in [2.75, 3.05) is 26.8 Å². The molecule has 1 aromatic rings. The molecule has 21 heavy (non-hydrogen) atoms. The molecule has 1 aliphatic heterocycles. The standard InChI is InChI=1S/C16H24N2O3/c1-12(8-13-6-4-5-7-14(13)20-3)18-15(19)9-21-16(2)10-17-11-16/h4-7,12,17H,8-11H2,1-3H3,(H,18,19). The summed E-state index contributed by atoms with van der Waals surface area (Å²) in [6.07, 6.45) is 0.731. The maximum absolute atomic E-state index is 11.9. The third-order valence-corrected chi connectivity index (χ3v) is 3.68. The van der Waals surface area contributed by atoms with Gasteiger partial charge in [0.25, 0.3) is 0 Å². The van der Waals surface area contributed by atoms with Crippen LogP contribution in [0, 0.1) is 0 Å². The van der Waals surface area contributed by atoms with Gasteiger partial charge in [-0.15, -0.1) is 0 Å². The van der Waals surface area contributed by atoms with E-state index < -0.39 is 0 Å². The first-order valence-electron chi connectivity index (χ1n) is 7.28. The Bertz CT molecular complexity index is 486. The molecule has 0 aliphatic carbocycles. The van der Waals surface area contributed by atoms with Crippen LogP contribution < -0.4 is 15.4 Å². The number of amides is 1. The van der Waals surface area contributed by atoms with Crippen LogP contribution in [0.1, 0.15) is 19.4 Å². The molecule has 5 nitrogen and oxygen atoms in total. The number of carbonyl (C=O) groups excluding carboxylic acids is 1. The van der Waals surface area contributed by atoms with E-state index in [0.717, 1.165) is 30.8 Å². The number of benzene rings is 1. The molecule has 0 radical (unpaired) electrons. The average Bonchev–Trinajstić information content (AvgIpc) is 2.43. The summed E-state index contributed by atoms with van der Waals surface area (Å²) in [5.41, 5.74) is 0.896. The second-order valence-electron chi connectivity index (χ2n) is 5.83. The summed E-state index contributed by atoms with van der Waals surface area (Å²) in [5, 5.41) is 6.10. The molecule has 2 N–H and O–H groups in total. The van der Waals surface area contributed by atoms with Crippen LogP contribution in [0.15, 0.2) is 24.3 Å². The van der Waals surface area contributed by atoms with Gasteiger partial charge in [-0.1, -0.05) is 18.2 Å². The third kappa shape index (κ3) is 4.44. The summed E-state index contributed by atoms with van der Waals surface area (Å²) < 4.78 is 10.9. The Labute approximate surface area is 126 Å². The van der Waals surface area contributed by atoms with Crippen molar-refractivity contribution in [3.63, 3.8) is 0 Å². The molecule has 0 bridgehead atoms. The summed E-state index contributed by atoms with van der Waals surface area (Å²) >= 11 is 0. The predicted molar refractivity (Wildman–Crippen MR) is 81.5 cm³/mol. The first-order valence-corrected chi connectivity index (χ1v) is 7.28. The summed E-state index contributed by atoms with van der Waals surface area (Å²) in [6.45, 7) is 5.70. The van der Waals surface area contributed by atoms with E-state index in [2.05, 4.69) is 10.6 Å². The van der Waals surface area contributed by atoms with Crippen LogP contribution in [0.4, 0.5) is 0 Å². The molecular formula is C16H24N2O3. The van der Waals surface area contributed by atoms with Gasteiger partial charge < -0.3 is 20.1 Å². The van der Waals surface area contributed by atoms with Crippen molar-refractivity contribution in [3.8, 4) is 5.75 Å². The van der Waals surface area contributed by atoms with Crippen molar-refractivity contribution in [1.82, 2.24) is 10.6 Å². The lowest BCUT2D eigenvalue weighted by Crippen LogP contribution is -2.59. The second-order valence-corrected chi connectivity index (χ2v) is 5.83. The van der Waals surface area contributed by atoms with Crippen LogP contribution in [0.2, 0.25) is 0 Å². The van der Waals surface area contributed by atoms with Crippen molar-refractivity contribution in [1.29, 1.82) is 0 Å². The number of nitrogens with one attached hydrogen (secondary N) is 2. The molecular weight excluding hydrogens is 268 g/mol. The second kappa shape index (κ2) is 6.91. The van der Waals surface area contributed by atoms with Gasteiger partial charge >= 0.3 is 0 Å². The van der Waals surface area contributed by atoms with E-state index in [4.69, 9.17) is 9.47 Å². The molecule has 2 rings (SSSR count). The minimum atomic E-state index is -0.191.